The van der Waals surface area contributed by atoms with Gasteiger partial charge in [-0.05, 0) is 18.9 Å². The molecule has 2 heterocycles. The molecule has 0 bridgehead atoms. The van der Waals surface area contributed by atoms with Gasteiger partial charge in [0.2, 0.25) is 10.0 Å². The summed E-state index contributed by atoms with van der Waals surface area (Å²) in [5.74, 6) is 0.174. The van der Waals surface area contributed by atoms with E-state index in [0.29, 0.717) is 25.9 Å². The van der Waals surface area contributed by atoms with Crippen LogP contribution >= 0.6 is 11.6 Å². The molecule has 5 nitrogen and oxygen atoms in total. The van der Waals surface area contributed by atoms with Gasteiger partial charge in [0.05, 0.1) is 16.8 Å². The number of hydrogen-bond donors (Lipinski definition) is 1. The number of sulfonamides is 1. The highest BCUT2D eigenvalue weighted by Gasteiger charge is 2.32. The molecule has 124 valence electrons. The summed E-state index contributed by atoms with van der Waals surface area (Å²) in [6, 6.07) is 0.738. The molecular weight excluding hydrogens is 343 g/mol. The molecule has 1 aromatic heterocycles. The maximum absolute atomic E-state index is 12.5. The van der Waals surface area contributed by atoms with Gasteiger partial charge >= 0.3 is 6.18 Å². The zero-order chi connectivity index (χ0) is 16.5. The van der Waals surface area contributed by atoms with E-state index in [1.54, 1.807) is 0 Å². The minimum absolute atomic E-state index is 0.0836. The molecule has 1 aromatic rings. The van der Waals surface area contributed by atoms with Crippen molar-refractivity contribution in [1.29, 1.82) is 0 Å². The maximum Gasteiger partial charge on any atom is 0.417 e. The lowest BCUT2D eigenvalue weighted by Gasteiger charge is -2.31. The molecule has 1 N–H and O–H groups in total. The third-order valence-corrected chi connectivity index (χ3v) is 5.02. The summed E-state index contributed by atoms with van der Waals surface area (Å²) in [5, 5.41) is 2.86. The number of aromatic nitrogens is 1. The molecule has 1 aliphatic heterocycles. The highest BCUT2D eigenvalue weighted by molar-refractivity contribution is 7.88. The first-order valence-corrected chi connectivity index (χ1v) is 8.74. The predicted molar refractivity (Wildman–Crippen MR) is 77.3 cm³/mol. The minimum Gasteiger partial charge on any atom is -0.366 e. The Morgan fingerprint density at radius 3 is 2.41 bits per heavy atom. The van der Waals surface area contributed by atoms with Gasteiger partial charge in [-0.2, -0.15) is 13.2 Å². The average Bonchev–Trinajstić information content (AvgIpc) is 2.39. The third-order valence-electron chi connectivity index (χ3n) is 3.43. The highest BCUT2D eigenvalue weighted by atomic mass is 35.5. The second-order valence-corrected chi connectivity index (χ2v) is 7.52. The first-order valence-electron chi connectivity index (χ1n) is 6.52. The second-order valence-electron chi connectivity index (χ2n) is 5.13. The number of alkyl halides is 3. The van der Waals surface area contributed by atoms with Crippen molar-refractivity contribution in [3.8, 4) is 0 Å². The van der Waals surface area contributed by atoms with E-state index < -0.39 is 21.8 Å². The molecule has 0 amide bonds. The Morgan fingerprint density at radius 1 is 1.36 bits per heavy atom. The van der Waals surface area contributed by atoms with Crippen molar-refractivity contribution >= 4 is 27.4 Å². The Morgan fingerprint density at radius 2 is 1.95 bits per heavy atom. The topological polar surface area (TPSA) is 62.3 Å². The number of nitrogens with one attached hydrogen (secondary N) is 1. The molecule has 0 saturated carbocycles. The van der Waals surface area contributed by atoms with Gasteiger partial charge in [0, 0.05) is 25.3 Å². The van der Waals surface area contributed by atoms with Crippen molar-refractivity contribution in [1.82, 2.24) is 9.29 Å². The molecule has 0 atom stereocenters. The van der Waals surface area contributed by atoms with E-state index in [1.165, 1.54) is 4.31 Å². The van der Waals surface area contributed by atoms with Gasteiger partial charge in [-0.15, -0.1) is 0 Å². The van der Waals surface area contributed by atoms with Gasteiger partial charge in [-0.25, -0.2) is 17.7 Å². The standard InChI is InChI=1S/C12H15ClF3N3O2S/c1-22(20,21)19-4-2-9(3-5-19)18-11-10(13)6-8(7-17-11)12(14,15)16/h6-7,9H,2-5H2,1H3,(H,17,18). The predicted octanol–water partition coefficient (Wildman–Crippen LogP) is 2.59. The van der Waals surface area contributed by atoms with Gasteiger partial charge in [-0.3, -0.25) is 0 Å². The fourth-order valence-electron chi connectivity index (χ4n) is 2.22. The van der Waals surface area contributed by atoms with Gasteiger partial charge in [0.1, 0.15) is 5.82 Å². The summed E-state index contributed by atoms with van der Waals surface area (Å²) >= 11 is 5.82. The van der Waals surface area contributed by atoms with Crippen LogP contribution in [-0.4, -0.2) is 43.1 Å². The van der Waals surface area contributed by atoms with Crippen LogP contribution in [0.3, 0.4) is 0 Å². The smallest absolute Gasteiger partial charge is 0.366 e. The van der Waals surface area contributed by atoms with Crippen LogP contribution in [0.15, 0.2) is 12.3 Å². The van der Waals surface area contributed by atoms with Gasteiger partial charge in [-0.1, -0.05) is 11.6 Å². The van der Waals surface area contributed by atoms with E-state index in [4.69, 9.17) is 11.6 Å². The molecule has 22 heavy (non-hydrogen) atoms. The van der Waals surface area contributed by atoms with E-state index >= 15 is 0 Å². The number of rotatable bonds is 3. The summed E-state index contributed by atoms with van der Waals surface area (Å²) < 4.78 is 61.8. The summed E-state index contributed by atoms with van der Waals surface area (Å²) in [4.78, 5) is 3.71. The maximum atomic E-state index is 12.5. The van der Waals surface area contributed by atoms with Crippen LogP contribution in [0.4, 0.5) is 19.0 Å². The van der Waals surface area contributed by atoms with E-state index in [-0.39, 0.29) is 16.9 Å². The molecule has 1 aliphatic rings. The van der Waals surface area contributed by atoms with Crippen LogP contribution in [-0.2, 0) is 16.2 Å². The molecule has 0 spiro atoms. The summed E-state index contributed by atoms with van der Waals surface area (Å²) in [6.45, 7) is 0.712. The number of hydrogen-bond acceptors (Lipinski definition) is 4. The second kappa shape index (κ2) is 6.21. The fourth-order valence-corrected chi connectivity index (χ4v) is 3.32. The van der Waals surface area contributed by atoms with Crippen LogP contribution in [0.1, 0.15) is 18.4 Å². The number of anilines is 1. The van der Waals surface area contributed by atoms with Gasteiger partial charge in [0.25, 0.3) is 0 Å². The van der Waals surface area contributed by atoms with Crippen molar-refractivity contribution in [3.05, 3.63) is 22.8 Å². The van der Waals surface area contributed by atoms with E-state index in [2.05, 4.69) is 10.3 Å². The SMILES string of the molecule is CS(=O)(=O)N1CCC(Nc2ncc(C(F)(F)F)cc2Cl)CC1. The molecule has 1 fully saturated rings. The lowest BCUT2D eigenvalue weighted by molar-refractivity contribution is -0.137. The third kappa shape index (κ3) is 4.23. The van der Waals surface area contributed by atoms with Crippen LogP contribution in [0.25, 0.3) is 0 Å². The lowest BCUT2D eigenvalue weighted by atomic mass is 10.1. The number of nitrogens with zero attached hydrogens (tertiary/aromatic N) is 2. The van der Waals surface area contributed by atoms with Crippen molar-refractivity contribution in [2.24, 2.45) is 0 Å². The van der Waals surface area contributed by atoms with Crippen molar-refractivity contribution in [2.45, 2.75) is 25.1 Å². The highest BCUT2D eigenvalue weighted by Crippen LogP contribution is 2.32. The Balaban J connectivity index is 2.01. The Labute approximate surface area is 131 Å². The zero-order valence-corrected chi connectivity index (χ0v) is 13.3. The van der Waals surface area contributed by atoms with E-state index in [9.17, 15) is 21.6 Å². The van der Waals surface area contributed by atoms with Gasteiger partial charge < -0.3 is 5.32 Å². The Bertz CT molecular complexity index is 644. The molecule has 1 saturated heterocycles. The van der Waals surface area contributed by atoms with Crippen LogP contribution in [0.5, 0.6) is 0 Å². The molecule has 0 unspecified atom stereocenters. The number of pyridine rings is 1. The van der Waals surface area contributed by atoms with Crippen LogP contribution in [0.2, 0.25) is 5.02 Å². The molecule has 2 rings (SSSR count). The van der Waals surface area contributed by atoms with Crippen LogP contribution < -0.4 is 5.32 Å². The van der Waals surface area contributed by atoms with E-state index in [1.807, 2.05) is 0 Å². The van der Waals surface area contributed by atoms with Crippen molar-refractivity contribution in [3.63, 3.8) is 0 Å². The average molecular weight is 358 g/mol. The molecule has 0 aromatic carbocycles. The number of piperidine rings is 1. The number of halogens is 4. The largest absolute Gasteiger partial charge is 0.417 e. The molecular formula is C12H15ClF3N3O2S. The molecule has 10 heteroatoms. The van der Waals surface area contributed by atoms with Crippen molar-refractivity contribution in [2.75, 3.05) is 24.7 Å². The summed E-state index contributed by atoms with van der Waals surface area (Å²) in [7, 11) is -3.21. The Kier molecular flexibility index (Phi) is 4.88. The summed E-state index contributed by atoms with van der Waals surface area (Å²) in [6.07, 6.45) is -1.55. The quantitative estimate of drug-likeness (QED) is 0.903. The Hall–Kier alpha value is -1.06. The molecule has 0 radical (unpaired) electrons. The monoisotopic (exact) mass is 357 g/mol. The van der Waals surface area contributed by atoms with Gasteiger partial charge in [0.15, 0.2) is 0 Å². The fraction of sp³-hybridized carbons (Fsp3) is 0.583. The lowest BCUT2D eigenvalue weighted by Crippen LogP contribution is -2.41. The first kappa shape index (κ1) is 17.3. The van der Waals surface area contributed by atoms with Crippen LogP contribution in [0, 0.1) is 0 Å². The zero-order valence-electron chi connectivity index (χ0n) is 11.7. The first-order chi connectivity index (χ1) is 10.1. The van der Waals surface area contributed by atoms with Crippen molar-refractivity contribution < 1.29 is 21.6 Å². The van der Waals surface area contributed by atoms with E-state index in [0.717, 1.165) is 18.5 Å². The summed E-state index contributed by atoms with van der Waals surface area (Å²) in [5.41, 5.74) is -0.907. The normalized spacial score (nSPS) is 18.4. The minimum atomic E-state index is -4.49. The molecule has 0 aliphatic carbocycles.